The Labute approximate surface area is 146 Å². The smallest absolute Gasteiger partial charge is 0.306 e. The molecule has 0 spiro atoms. The number of carbonyl (C=O) groups is 1. The molecule has 0 bridgehead atoms. The first-order valence-corrected chi connectivity index (χ1v) is 8.91. The average Bonchev–Trinajstić information content (AvgIpc) is 2.49. The van der Waals surface area contributed by atoms with Gasteiger partial charge in [-0.3, -0.25) is 9.69 Å². The van der Waals surface area contributed by atoms with Crippen molar-refractivity contribution in [2.45, 2.75) is 77.7 Å². The molecule has 0 saturated heterocycles. The molecule has 3 N–H and O–H groups in total. The Morgan fingerprint density at radius 3 is 2.33 bits per heavy atom. The predicted octanol–water partition coefficient (Wildman–Crippen LogP) is 2.33. The second-order valence-corrected chi connectivity index (χ2v) is 7.42. The lowest BCUT2D eigenvalue weighted by Crippen LogP contribution is -2.50. The van der Waals surface area contributed by atoms with Gasteiger partial charge in [0.25, 0.3) is 0 Å². The van der Waals surface area contributed by atoms with Gasteiger partial charge in [0.1, 0.15) is 11.8 Å². The highest BCUT2D eigenvalue weighted by Gasteiger charge is 2.32. The Morgan fingerprint density at radius 2 is 1.88 bits per heavy atom. The van der Waals surface area contributed by atoms with Crippen molar-refractivity contribution < 1.29 is 24.9 Å². The van der Waals surface area contributed by atoms with Gasteiger partial charge < -0.3 is 20.1 Å². The molecule has 0 radical (unpaired) electrons. The van der Waals surface area contributed by atoms with Crippen molar-refractivity contribution in [2.24, 2.45) is 11.8 Å². The largest absolute Gasteiger partial charge is 0.481 e. The first kappa shape index (κ1) is 23.3. The van der Waals surface area contributed by atoms with Crippen LogP contribution in [0.4, 0.5) is 0 Å². The zero-order chi connectivity index (χ0) is 18.9. The third-order valence-corrected chi connectivity index (χ3v) is 4.71. The van der Waals surface area contributed by atoms with Crippen LogP contribution in [0, 0.1) is 11.8 Å². The summed E-state index contributed by atoms with van der Waals surface area (Å²) in [4.78, 5) is 12.7. The molecule has 0 amide bonds. The van der Waals surface area contributed by atoms with Crippen molar-refractivity contribution in [1.82, 2.24) is 4.90 Å². The molecule has 0 aliphatic heterocycles. The molecule has 0 aromatic rings. The van der Waals surface area contributed by atoms with Crippen LogP contribution in [0.15, 0.2) is 0 Å². The number of aliphatic hydroxyl groups excluding tert-OH is 1. The van der Waals surface area contributed by atoms with Gasteiger partial charge in [-0.05, 0) is 45.6 Å². The van der Waals surface area contributed by atoms with E-state index in [0.717, 1.165) is 19.3 Å². The van der Waals surface area contributed by atoms with E-state index in [4.69, 9.17) is 9.84 Å². The number of carboxylic acids is 1. The quantitative estimate of drug-likeness (QED) is 0.443. The summed E-state index contributed by atoms with van der Waals surface area (Å²) in [5.74, 6) is -0.873. The van der Waals surface area contributed by atoms with Gasteiger partial charge in [0.15, 0.2) is 0 Å². The van der Waals surface area contributed by atoms with Crippen LogP contribution in [0.2, 0.25) is 0 Å². The molecule has 0 aliphatic carbocycles. The second-order valence-electron chi connectivity index (χ2n) is 7.42. The van der Waals surface area contributed by atoms with Gasteiger partial charge in [-0.25, -0.2) is 0 Å². The molecule has 144 valence electrons. The van der Waals surface area contributed by atoms with Gasteiger partial charge in [-0.1, -0.05) is 27.2 Å². The third kappa shape index (κ3) is 8.42. The molecule has 0 heterocycles. The third-order valence-electron chi connectivity index (χ3n) is 4.71. The zero-order valence-electron chi connectivity index (χ0n) is 16.2. The molecular weight excluding hydrogens is 310 g/mol. The summed E-state index contributed by atoms with van der Waals surface area (Å²) in [6.45, 7) is 7.99. The monoisotopic (exact) mass is 347 g/mol. The molecule has 0 aliphatic rings. The van der Waals surface area contributed by atoms with Gasteiger partial charge in [0.05, 0.1) is 12.0 Å². The van der Waals surface area contributed by atoms with Gasteiger partial charge in [0, 0.05) is 13.7 Å². The number of aliphatic hydroxyl groups is 2. The molecule has 6 nitrogen and oxygen atoms in total. The van der Waals surface area contributed by atoms with Crippen LogP contribution >= 0.6 is 0 Å². The lowest BCUT2D eigenvalue weighted by molar-refractivity contribution is -0.141. The van der Waals surface area contributed by atoms with Gasteiger partial charge >= 0.3 is 5.97 Å². The van der Waals surface area contributed by atoms with E-state index in [1.807, 2.05) is 13.8 Å². The fourth-order valence-electron chi connectivity index (χ4n) is 3.16. The number of hydrogen-bond donors (Lipinski definition) is 3. The van der Waals surface area contributed by atoms with Crippen molar-refractivity contribution in [2.75, 3.05) is 20.7 Å². The number of nitrogens with zero attached hydrogens (tertiary/aromatic N) is 1. The molecule has 0 saturated carbocycles. The zero-order valence-corrected chi connectivity index (χ0v) is 16.2. The summed E-state index contributed by atoms with van der Waals surface area (Å²) in [5.41, 5.74) is -1.13. The van der Waals surface area contributed by atoms with E-state index in [-0.39, 0.29) is 17.9 Å². The summed E-state index contributed by atoms with van der Waals surface area (Å²) in [7, 11) is 3.44. The normalized spacial score (nSPS) is 19.5. The minimum atomic E-state index is -1.13. The molecule has 5 atom stereocenters. The van der Waals surface area contributed by atoms with E-state index in [2.05, 4.69) is 0 Å². The Bertz CT molecular complexity index is 361. The van der Waals surface area contributed by atoms with Crippen molar-refractivity contribution in [3.8, 4) is 0 Å². The SMILES string of the molecule is CCCC(C)(O)C(O)N(C)CCC(C[C@@H](C)CC(C)C(=O)O)OC. The van der Waals surface area contributed by atoms with E-state index in [9.17, 15) is 15.0 Å². The van der Waals surface area contributed by atoms with Crippen LogP contribution in [0.1, 0.15) is 59.8 Å². The van der Waals surface area contributed by atoms with Crippen LogP contribution in [0.5, 0.6) is 0 Å². The summed E-state index contributed by atoms with van der Waals surface area (Å²) < 4.78 is 5.51. The van der Waals surface area contributed by atoms with Crippen LogP contribution in [-0.2, 0) is 9.53 Å². The second kappa shape index (κ2) is 11.0. The van der Waals surface area contributed by atoms with Crippen LogP contribution < -0.4 is 0 Å². The highest BCUT2D eigenvalue weighted by Crippen LogP contribution is 2.22. The highest BCUT2D eigenvalue weighted by atomic mass is 16.5. The van der Waals surface area contributed by atoms with Crippen molar-refractivity contribution in [3.05, 3.63) is 0 Å². The number of methoxy groups -OCH3 is 1. The lowest BCUT2D eigenvalue weighted by Gasteiger charge is -2.36. The van der Waals surface area contributed by atoms with Gasteiger partial charge in [-0.2, -0.15) is 0 Å². The molecule has 4 unspecified atom stereocenters. The van der Waals surface area contributed by atoms with E-state index in [1.165, 1.54) is 0 Å². The van der Waals surface area contributed by atoms with E-state index in [1.54, 1.807) is 32.9 Å². The average molecular weight is 347 g/mol. The van der Waals surface area contributed by atoms with Crippen molar-refractivity contribution in [3.63, 3.8) is 0 Å². The fourth-order valence-corrected chi connectivity index (χ4v) is 3.16. The minimum Gasteiger partial charge on any atom is -0.481 e. The van der Waals surface area contributed by atoms with E-state index in [0.29, 0.717) is 19.4 Å². The summed E-state index contributed by atoms with van der Waals surface area (Å²) >= 11 is 0. The summed E-state index contributed by atoms with van der Waals surface area (Å²) in [6.07, 6.45) is 2.56. The first-order chi connectivity index (χ1) is 11.0. The standard InChI is InChI=1S/C18H37NO5/c1-7-9-18(4,23)17(22)19(5)10-8-15(24-6)12-13(2)11-14(3)16(20)21/h13-15,17,22-23H,7-12H2,1-6H3,(H,20,21)/t13-,14?,15?,17?,18?/m0/s1. The van der Waals surface area contributed by atoms with Crippen molar-refractivity contribution >= 4 is 5.97 Å². The molecule has 6 heteroatoms. The van der Waals surface area contributed by atoms with Crippen molar-refractivity contribution in [1.29, 1.82) is 0 Å². The topological polar surface area (TPSA) is 90.2 Å². The van der Waals surface area contributed by atoms with E-state index >= 15 is 0 Å². The number of likely N-dealkylation sites (N-methyl/N-ethyl adjacent to an activating group) is 1. The minimum absolute atomic E-state index is 0.00627. The number of hydrogen-bond acceptors (Lipinski definition) is 5. The Balaban J connectivity index is 4.40. The Kier molecular flexibility index (Phi) is 10.7. The predicted molar refractivity (Wildman–Crippen MR) is 94.8 cm³/mol. The first-order valence-electron chi connectivity index (χ1n) is 8.91. The summed E-state index contributed by atoms with van der Waals surface area (Å²) in [6, 6.07) is 0. The number of ether oxygens (including phenoxy) is 1. The van der Waals surface area contributed by atoms with Gasteiger partial charge in [-0.15, -0.1) is 0 Å². The molecule has 24 heavy (non-hydrogen) atoms. The van der Waals surface area contributed by atoms with Gasteiger partial charge in [0.2, 0.25) is 0 Å². The maximum absolute atomic E-state index is 10.9. The van der Waals surface area contributed by atoms with Crippen LogP contribution in [0.25, 0.3) is 0 Å². The van der Waals surface area contributed by atoms with E-state index < -0.39 is 17.8 Å². The van der Waals surface area contributed by atoms with Crippen LogP contribution in [0.3, 0.4) is 0 Å². The molecular formula is C18H37NO5. The Morgan fingerprint density at radius 1 is 1.29 bits per heavy atom. The Hall–Kier alpha value is -0.690. The van der Waals surface area contributed by atoms with Crippen LogP contribution in [-0.4, -0.2) is 64.8 Å². The molecule has 0 rings (SSSR count). The summed E-state index contributed by atoms with van der Waals surface area (Å²) in [5, 5.41) is 29.6. The number of rotatable bonds is 13. The lowest BCUT2D eigenvalue weighted by atomic mass is 9.91. The highest BCUT2D eigenvalue weighted by molar-refractivity contribution is 5.69. The maximum atomic E-state index is 10.9. The molecule has 0 aromatic heterocycles. The fraction of sp³-hybridized carbons (Fsp3) is 0.944. The molecule has 0 aromatic carbocycles. The maximum Gasteiger partial charge on any atom is 0.306 e. The number of aliphatic carboxylic acids is 1. The molecule has 0 fully saturated rings. The number of carboxylic acid groups (broad SMARTS) is 1.